The molecule has 0 radical (unpaired) electrons. The van der Waals surface area contributed by atoms with Crippen LogP contribution >= 0.6 is 11.7 Å². The van der Waals surface area contributed by atoms with Gasteiger partial charge < -0.3 is 15.2 Å². The molecule has 1 unspecified atom stereocenters. The lowest BCUT2D eigenvalue weighted by atomic mass is 9.98. The van der Waals surface area contributed by atoms with E-state index in [9.17, 15) is 5.11 Å². The minimum Gasteiger partial charge on any atom is -0.473 e. The van der Waals surface area contributed by atoms with Crippen molar-refractivity contribution >= 4 is 11.7 Å². The number of nitrogens with zero attached hydrogens (tertiary/aromatic N) is 2. The molecule has 0 aliphatic heterocycles. The summed E-state index contributed by atoms with van der Waals surface area (Å²) in [6, 6.07) is 0. The smallest absolute Gasteiger partial charge is 0.245 e. The van der Waals surface area contributed by atoms with Crippen LogP contribution in [0.25, 0.3) is 0 Å². The molecule has 2 fully saturated rings. The molecule has 0 bridgehead atoms. The van der Waals surface area contributed by atoms with E-state index in [0.29, 0.717) is 12.4 Å². The molecule has 0 aromatic carbocycles. The number of nitrogens with one attached hydrogen (secondary N) is 1. The molecule has 19 heavy (non-hydrogen) atoms. The van der Waals surface area contributed by atoms with Gasteiger partial charge in [0, 0.05) is 6.54 Å². The summed E-state index contributed by atoms with van der Waals surface area (Å²) in [6.45, 7) is 1.91. The molecule has 2 aliphatic rings. The van der Waals surface area contributed by atoms with Crippen molar-refractivity contribution in [2.24, 2.45) is 17.8 Å². The number of hydrogen-bond donors (Lipinski definition) is 2. The van der Waals surface area contributed by atoms with E-state index in [1.165, 1.54) is 25.7 Å². The molecule has 5 nitrogen and oxygen atoms in total. The summed E-state index contributed by atoms with van der Waals surface area (Å²) >= 11 is 1.11. The number of aliphatic hydroxyl groups excluding tert-OH is 1. The van der Waals surface area contributed by atoms with Gasteiger partial charge in [-0.25, -0.2) is 0 Å². The Morgan fingerprint density at radius 1 is 1.32 bits per heavy atom. The second-order valence-electron chi connectivity index (χ2n) is 5.71. The quantitative estimate of drug-likeness (QED) is 0.715. The molecule has 2 N–H and O–H groups in total. The van der Waals surface area contributed by atoms with E-state index in [0.717, 1.165) is 36.0 Å². The molecule has 1 aromatic rings. The van der Waals surface area contributed by atoms with Crippen molar-refractivity contribution in [2.75, 3.05) is 19.7 Å². The van der Waals surface area contributed by atoms with Crippen molar-refractivity contribution in [3.8, 4) is 5.88 Å². The van der Waals surface area contributed by atoms with E-state index in [1.54, 1.807) is 6.20 Å². The zero-order valence-corrected chi connectivity index (χ0v) is 11.8. The van der Waals surface area contributed by atoms with Gasteiger partial charge in [-0.1, -0.05) is 0 Å². The van der Waals surface area contributed by atoms with Gasteiger partial charge in [0.05, 0.1) is 11.7 Å². The van der Waals surface area contributed by atoms with Crippen LogP contribution in [-0.2, 0) is 0 Å². The normalized spacial score (nSPS) is 20.7. The summed E-state index contributed by atoms with van der Waals surface area (Å²) in [5, 5.41) is 13.2. The van der Waals surface area contributed by atoms with Gasteiger partial charge in [0.2, 0.25) is 5.88 Å². The fourth-order valence-electron chi connectivity index (χ4n) is 2.64. The number of rotatable bonds is 9. The maximum atomic E-state index is 9.84. The Bertz CT molecular complexity index is 367. The zero-order valence-electron chi connectivity index (χ0n) is 11.0. The SMILES string of the molecule is OC(CNCC(C1CC1)C1CC1)COc1cnsn1. The first kappa shape index (κ1) is 13.3. The molecule has 1 atom stereocenters. The molecule has 1 aromatic heterocycles. The van der Waals surface area contributed by atoms with Crippen molar-refractivity contribution in [3.05, 3.63) is 6.20 Å². The molecule has 3 rings (SSSR count). The minimum absolute atomic E-state index is 0.274. The Kier molecular flexibility index (Phi) is 4.30. The third-order valence-corrected chi connectivity index (χ3v) is 4.44. The van der Waals surface area contributed by atoms with Crippen LogP contribution in [0.4, 0.5) is 0 Å². The Labute approximate surface area is 117 Å². The Morgan fingerprint density at radius 2 is 2.05 bits per heavy atom. The zero-order chi connectivity index (χ0) is 13.1. The van der Waals surface area contributed by atoms with Gasteiger partial charge in [-0.05, 0) is 50.0 Å². The van der Waals surface area contributed by atoms with Crippen molar-refractivity contribution in [1.82, 2.24) is 14.1 Å². The average Bonchev–Trinajstić information content (AvgIpc) is 3.33. The summed E-state index contributed by atoms with van der Waals surface area (Å²) in [5.74, 6) is 3.25. The number of aromatic nitrogens is 2. The van der Waals surface area contributed by atoms with Crippen LogP contribution < -0.4 is 10.1 Å². The first-order valence-corrected chi connectivity index (χ1v) is 7.85. The molecule has 0 saturated heterocycles. The lowest BCUT2D eigenvalue weighted by Crippen LogP contribution is -2.35. The molecule has 106 valence electrons. The summed E-state index contributed by atoms with van der Waals surface area (Å²) in [5.41, 5.74) is 0. The molecule has 2 aliphatic carbocycles. The van der Waals surface area contributed by atoms with Gasteiger partial charge in [0.15, 0.2) is 0 Å². The predicted molar refractivity (Wildman–Crippen MR) is 73.2 cm³/mol. The first-order valence-electron chi connectivity index (χ1n) is 7.12. The van der Waals surface area contributed by atoms with Gasteiger partial charge in [0.25, 0.3) is 0 Å². The second-order valence-corrected chi connectivity index (χ2v) is 6.26. The highest BCUT2D eigenvalue weighted by Crippen LogP contribution is 2.48. The minimum atomic E-state index is -0.485. The van der Waals surface area contributed by atoms with Crippen LogP contribution in [0.3, 0.4) is 0 Å². The van der Waals surface area contributed by atoms with Crippen LogP contribution in [0, 0.1) is 17.8 Å². The highest BCUT2D eigenvalue weighted by molar-refractivity contribution is 6.99. The molecular weight excluding hydrogens is 262 g/mol. The standard InChI is InChI=1S/C13H21N3O2S/c17-11(8-18-13-7-15-19-16-13)5-14-6-12(9-1-2-9)10-3-4-10/h7,9-12,14,17H,1-6,8H2. The van der Waals surface area contributed by atoms with Crippen LogP contribution in [0.15, 0.2) is 6.20 Å². The van der Waals surface area contributed by atoms with E-state index in [-0.39, 0.29) is 6.61 Å². The summed E-state index contributed by atoms with van der Waals surface area (Å²) in [7, 11) is 0. The molecule has 0 amide bonds. The highest BCUT2D eigenvalue weighted by Gasteiger charge is 2.40. The van der Waals surface area contributed by atoms with E-state index < -0.39 is 6.10 Å². The van der Waals surface area contributed by atoms with E-state index in [2.05, 4.69) is 14.1 Å². The predicted octanol–water partition coefficient (Wildman–Crippen LogP) is 1.30. The first-order chi connectivity index (χ1) is 9.33. The number of aliphatic hydroxyl groups is 1. The Balaban J connectivity index is 1.30. The van der Waals surface area contributed by atoms with Gasteiger partial charge in [-0.3, -0.25) is 0 Å². The van der Waals surface area contributed by atoms with Crippen molar-refractivity contribution < 1.29 is 9.84 Å². The Morgan fingerprint density at radius 3 is 2.63 bits per heavy atom. The second kappa shape index (κ2) is 6.15. The van der Waals surface area contributed by atoms with E-state index in [1.807, 2.05) is 0 Å². The topological polar surface area (TPSA) is 67.3 Å². The van der Waals surface area contributed by atoms with Crippen LogP contribution in [0.5, 0.6) is 5.88 Å². The molecule has 1 heterocycles. The lowest BCUT2D eigenvalue weighted by Gasteiger charge is -2.18. The van der Waals surface area contributed by atoms with Crippen molar-refractivity contribution in [2.45, 2.75) is 31.8 Å². The monoisotopic (exact) mass is 283 g/mol. The van der Waals surface area contributed by atoms with Crippen molar-refractivity contribution in [3.63, 3.8) is 0 Å². The molecule has 6 heteroatoms. The number of hydrogen-bond acceptors (Lipinski definition) is 6. The third-order valence-electron chi connectivity index (χ3n) is 3.98. The average molecular weight is 283 g/mol. The maximum Gasteiger partial charge on any atom is 0.245 e. The number of ether oxygens (including phenoxy) is 1. The molecular formula is C13H21N3O2S. The Hall–Kier alpha value is -0.720. The summed E-state index contributed by atoms with van der Waals surface area (Å²) < 4.78 is 13.1. The van der Waals surface area contributed by atoms with Gasteiger partial charge >= 0.3 is 0 Å². The molecule has 0 spiro atoms. The van der Waals surface area contributed by atoms with Gasteiger partial charge in [-0.15, -0.1) is 4.37 Å². The van der Waals surface area contributed by atoms with E-state index in [4.69, 9.17) is 4.74 Å². The lowest BCUT2D eigenvalue weighted by molar-refractivity contribution is 0.103. The summed E-state index contributed by atoms with van der Waals surface area (Å²) in [4.78, 5) is 0. The van der Waals surface area contributed by atoms with Gasteiger partial charge in [-0.2, -0.15) is 4.37 Å². The third kappa shape index (κ3) is 4.12. The van der Waals surface area contributed by atoms with Crippen LogP contribution in [0.2, 0.25) is 0 Å². The fraction of sp³-hybridized carbons (Fsp3) is 0.846. The molecule has 2 saturated carbocycles. The summed E-state index contributed by atoms with van der Waals surface area (Å²) in [6.07, 6.45) is 6.72. The fourth-order valence-corrected chi connectivity index (χ4v) is 3.01. The van der Waals surface area contributed by atoms with Gasteiger partial charge in [0.1, 0.15) is 18.9 Å². The van der Waals surface area contributed by atoms with E-state index >= 15 is 0 Å². The maximum absolute atomic E-state index is 9.84. The highest BCUT2D eigenvalue weighted by atomic mass is 32.1. The largest absolute Gasteiger partial charge is 0.473 e. The van der Waals surface area contributed by atoms with Crippen LogP contribution in [-0.4, -0.2) is 39.7 Å². The van der Waals surface area contributed by atoms with Crippen LogP contribution in [0.1, 0.15) is 25.7 Å². The van der Waals surface area contributed by atoms with Crippen molar-refractivity contribution in [1.29, 1.82) is 0 Å².